The van der Waals surface area contributed by atoms with Crippen molar-refractivity contribution in [2.45, 2.75) is 57.6 Å². The molecule has 8 nitrogen and oxygen atoms in total. The summed E-state index contributed by atoms with van der Waals surface area (Å²) in [6.45, 7) is 7.02. The Morgan fingerprint density at radius 2 is 1.36 bits per heavy atom. The summed E-state index contributed by atoms with van der Waals surface area (Å²) in [5.41, 5.74) is 2.01. The highest BCUT2D eigenvalue weighted by molar-refractivity contribution is 7.92. The lowest BCUT2D eigenvalue weighted by Gasteiger charge is -2.32. The number of amides is 2. The number of benzene rings is 4. The molecule has 0 saturated carbocycles. The molecule has 0 aromatic heterocycles. The summed E-state index contributed by atoms with van der Waals surface area (Å²) in [6.07, 6.45) is 0.734. The molecule has 0 fully saturated rings. The van der Waals surface area contributed by atoms with Crippen LogP contribution in [-0.4, -0.2) is 43.8 Å². The van der Waals surface area contributed by atoms with Crippen molar-refractivity contribution in [3.63, 3.8) is 0 Å². The van der Waals surface area contributed by atoms with Crippen LogP contribution in [0.3, 0.4) is 0 Å². The summed E-state index contributed by atoms with van der Waals surface area (Å²) in [5.74, 6) is 0.334. The van der Waals surface area contributed by atoms with Gasteiger partial charge in [0.15, 0.2) is 0 Å². The fourth-order valence-corrected chi connectivity index (χ4v) is 5.91. The number of aryl methyl sites for hydroxylation is 1. The molecule has 4 rings (SSSR count). The Bertz CT molecular complexity index is 1630. The van der Waals surface area contributed by atoms with Crippen molar-refractivity contribution >= 4 is 27.5 Å². The number of hydrogen-bond acceptors (Lipinski definition) is 5. The summed E-state index contributed by atoms with van der Waals surface area (Å²) >= 11 is 0. The maximum Gasteiger partial charge on any atom is 0.264 e. The summed E-state index contributed by atoms with van der Waals surface area (Å²) in [5, 5.41) is 2.94. The number of carbonyl (C=O) groups excluding carboxylic acids is 2. The number of anilines is 1. The highest BCUT2D eigenvalue weighted by Crippen LogP contribution is 2.28. The normalized spacial score (nSPS) is 12.5. The van der Waals surface area contributed by atoms with Crippen LogP contribution in [0.5, 0.6) is 11.5 Å². The number of nitrogens with one attached hydrogen (secondary N) is 1. The van der Waals surface area contributed by atoms with Crippen LogP contribution in [0.25, 0.3) is 0 Å². The van der Waals surface area contributed by atoms with Gasteiger partial charge in [-0.2, -0.15) is 0 Å². The Morgan fingerprint density at radius 3 is 1.95 bits per heavy atom. The van der Waals surface area contributed by atoms with E-state index in [0.29, 0.717) is 11.5 Å². The van der Waals surface area contributed by atoms with Gasteiger partial charge in [0.2, 0.25) is 11.8 Å². The Kier molecular flexibility index (Phi) is 10.8. The molecular weight excluding hydrogens is 574 g/mol. The number of carbonyl (C=O) groups is 2. The molecule has 4 aromatic rings. The molecule has 9 heteroatoms. The van der Waals surface area contributed by atoms with Crippen molar-refractivity contribution in [2.24, 2.45) is 0 Å². The van der Waals surface area contributed by atoms with E-state index in [9.17, 15) is 18.0 Å². The Labute approximate surface area is 260 Å². The maximum atomic E-state index is 14.1. The maximum absolute atomic E-state index is 14.1. The van der Waals surface area contributed by atoms with Gasteiger partial charge in [0.05, 0.1) is 10.6 Å². The molecule has 0 bridgehead atoms. The number of rotatable bonds is 13. The van der Waals surface area contributed by atoms with Crippen molar-refractivity contribution in [2.75, 3.05) is 10.8 Å². The number of sulfonamides is 1. The first-order chi connectivity index (χ1) is 21.1. The first kappa shape index (κ1) is 32.3. The summed E-state index contributed by atoms with van der Waals surface area (Å²) in [4.78, 5) is 28.8. The van der Waals surface area contributed by atoms with Crippen LogP contribution in [0.4, 0.5) is 5.69 Å². The van der Waals surface area contributed by atoms with Crippen LogP contribution < -0.4 is 14.4 Å². The topological polar surface area (TPSA) is 96.0 Å². The third kappa shape index (κ3) is 8.26. The van der Waals surface area contributed by atoms with Crippen molar-refractivity contribution in [1.29, 1.82) is 0 Å². The number of ether oxygens (including phenoxy) is 1. The van der Waals surface area contributed by atoms with E-state index >= 15 is 0 Å². The van der Waals surface area contributed by atoms with E-state index in [4.69, 9.17) is 4.74 Å². The Morgan fingerprint density at radius 1 is 0.795 bits per heavy atom. The van der Waals surface area contributed by atoms with Gasteiger partial charge >= 0.3 is 0 Å². The lowest BCUT2D eigenvalue weighted by Crippen LogP contribution is -2.52. The Hall–Kier alpha value is -4.63. The first-order valence-corrected chi connectivity index (χ1v) is 16.1. The number of para-hydroxylation sites is 1. The molecular formula is C35H39N3O5S. The molecule has 2 atom stereocenters. The fourth-order valence-electron chi connectivity index (χ4n) is 4.50. The molecule has 230 valence electrons. The molecule has 0 radical (unpaired) electrons. The largest absolute Gasteiger partial charge is 0.457 e. The minimum Gasteiger partial charge on any atom is -0.457 e. The summed E-state index contributed by atoms with van der Waals surface area (Å²) in [6, 6.07) is 30.7. The summed E-state index contributed by atoms with van der Waals surface area (Å²) in [7, 11) is -4.17. The molecule has 0 aliphatic rings. The third-order valence-corrected chi connectivity index (χ3v) is 9.14. The average Bonchev–Trinajstić information content (AvgIpc) is 3.03. The standard InChI is InChI=1S/C35H39N3O5S/c1-5-27(3)36-35(40)28(4)37(24-29-12-8-6-9-13-29)34(39)25-38(44(41,42)33-22-16-26(2)17-23-33)30-18-20-32(21-19-30)43-31-14-10-7-11-15-31/h6-23,27-28H,5,24-25H2,1-4H3,(H,36,40)/t27-,28+/m1/s1. The second kappa shape index (κ2) is 14.7. The van der Waals surface area contributed by atoms with E-state index in [-0.39, 0.29) is 29.1 Å². The predicted molar refractivity (Wildman–Crippen MR) is 173 cm³/mol. The minimum atomic E-state index is -4.17. The van der Waals surface area contributed by atoms with Gasteiger partial charge in [-0.25, -0.2) is 8.42 Å². The predicted octanol–water partition coefficient (Wildman–Crippen LogP) is 6.31. The van der Waals surface area contributed by atoms with Gasteiger partial charge in [-0.1, -0.05) is 73.2 Å². The number of hydrogen-bond donors (Lipinski definition) is 1. The highest BCUT2D eigenvalue weighted by atomic mass is 32.2. The van der Waals surface area contributed by atoms with Gasteiger partial charge in [-0.05, 0) is 81.3 Å². The molecule has 1 N–H and O–H groups in total. The monoisotopic (exact) mass is 613 g/mol. The van der Waals surface area contributed by atoms with Crippen molar-refractivity contribution in [3.8, 4) is 11.5 Å². The second-order valence-corrected chi connectivity index (χ2v) is 12.6. The minimum absolute atomic E-state index is 0.0534. The molecule has 0 aliphatic carbocycles. The molecule has 0 heterocycles. The average molecular weight is 614 g/mol. The first-order valence-electron chi connectivity index (χ1n) is 14.6. The molecule has 0 unspecified atom stereocenters. The van der Waals surface area contributed by atoms with Crippen LogP contribution in [0.2, 0.25) is 0 Å². The van der Waals surface area contributed by atoms with Gasteiger partial charge in [0.1, 0.15) is 24.1 Å². The van der Waals surface area contributed by atoms with E-state index in [1.165, 1.54) is 17.0 Å². The zero-order valence-electron chi connectivity index (χ0n) is 25.5. The SMILES string of the molecule is CC[C@@H](C)NC(=O)[C@H](C)N(Cc1ccccc1)C(=O)CN(c1ccc(Oc2ccccc2)cc1)S(=O)(=O)c1ccc(C)cc1. The molecule has 2 amide bonds. The van der Waals surface area contributed by atoms with Crippen molar-refractivity contribution < 1.29 is 22.7 Å². The highest BCUT2D eigenvalue weighted by Gasteiger charge is 2.32. The van der Waals surface area contributed by atoms with E-state index in [1.807, 2.05) is 81.4 Å². The number of nitrogens with zero attached hydrogens (tertiary/aromatic N) is 2. The lowest BCUT2D eigenvalue weighted by atomic mass is 10.1. The van der Waals surface area contributed by atoms with Gasteiger partial charge in [-0.15, -0.1) is 0 Å². The quantitative estimate of drug-likeness (QED) is 0.191. The van der Waals surface area contributed by atoms with E-state index in [1.54, 1.807) is 43.3 Å². The molecule has 0 spiro atoms. The zero-order valence-corrected chi connectivity index (χ0v) is 26.3. The van der Waals surface area contributed by atoms with Crippen LogP contribution in [0, 0.1) is 6.92 Å². The molecule has 0 saturated heterocycles. The van der Waals surface area contributed by atoms with Gasteiger partial charge in [0, 0.05) is 12.6 Å². The van der Waals surface area contributed by atoms with Crippen molar-refractivity contribution in [1.82, 2.24) is 10.2 Å². The Balaban J connectivity index is 1.69. The van der Waals surface area contributed by atoms with Crippen molar-refractivity contribution in [3.05, 3.63) is 120 Å². The smallest absolute Gasteiger partial charge is 0.264 e. The van der Waals surface area contributed by atoms with E-state index in [0.717, 1.165) is 21.9 Å². The second-order valence-electron chi connectivity index (χ2n) is 10.7. The van der Waals surface area contributed by atoms with E-state index in [2.05, 4.69) is 5.32 Å². The van der Waals surface area contributed by atoms with Crippen LogP contribution >= 0.6 is 0 Å². The molecule has 44 heavy (non-hydrogen) atoms. The summed E-state index contributed by atoms with van der Waals surface area (Å²) < 4.78 is 35.1. The van der Waals surface area contributed by atoms with Gasteiger partial charge < -0.3 is 15.0 Å². The fraction of sp³-hybridized carbons (Fsp3) is 0.257. The molecule has 0 aliphatic heterocycles. The van der Waals surface area contributed by atoms with Gasteiger partial charge in [0.25, 0.3) is 10.0 Å². The zero-order chi connectivity index (χ0) is 31.7. The van der Waals surface area contributed by atoms with E-state index < -0.39 is 28.5 Å². The van der Waals surface area contributed by atoms with Crippen LogP contribution in [0.15, 0.2) is 114 Å². The third-order valence-electron chi connectivity index (χ3n) is 7.36. The molecule has 4 aromatic carbocycles. The van der Waals surface area contributed by atoms with Gasteiger partial charge in [-0.3, -0.25) is 13.9 Å². The lowest BCUT2D eigenvalue weighted by molar-refractivity contribution is -0.139. The van der Waals surface area contributed by atoms with Crippen LogP contribution in [0.1, 0.15) is 38.3 Å². The van der Waals surface area contributed by atoms with Crippen LogP contribution in [-0.2, 0) is 26.2 Å².